The first-order chi connectivity index (χ1) is 8.35. The number of hydrogen-bond acceptors (Lipinski definition) is 3. The smallest absolute Gasteiger partial charge is 0.119 e. The summed E-state index contributed by atoms with van der Waals surface area (Å²) in [5, 5.41) is 3.46. The first-order valence-electron chi connectivity index (χ1n) is 6.21. The van der Waals surface area contributed by atoms with E-state index in [1.54, 1.807) is 14.2 Å². The summed E-state index contributed by atoms with van der Waals surface area (Å²) in [6.45, 7) is 2.87. The van der Waals surface area contributed by atoms with Gasteiger partial charge in [0.1, 0.15) is 5.75 Å². The van der Waals surface area contributed by atoms with Gasteiger partial charge in [-0.15, -0.1) is 0 Å². The summed E-state index contributed by atoms with van der Waals surface area (Å²) in [7, 11) is 3.44. The van der Waals surface area contributed by atoms with E-state index in [9.17, 15) is 0 Å². The molecule has 1 N–H and O–H groups in total. The maximum absolute atomic E-state index is 5.28. The zero-order valence-corrected chi connectivity index (χ0v) is 10.7. The van der Waals surface area contributed by atoms with Gasteiger partial charge in [0.2, 0.25) is 0 Å². The lowest BCUT2D eigenvalue weighted by Gasteiger charge is -2.25. The summed E-state index contributed by atoms with van der Waals surface area (Å²) in [5.41, 5.74) is 2.65. The van der Waals surface area contributed by atoms with E-state index < -0.39 is 0 Å². The zero-order valence-electron chi connectivity index (χ0n) is 10.7. The van der Waals surface area contributed by atoms with E-state index in [0.29, 0.717) is 12.5 Å². The molecule has 1 unspecified atom stereocenters. The van der Waals surface area contributed by atoms with E-state index in [1.165, 1.54) is 24.0 Å². The molecule has 3 nitrogen and oxygen atoms in total. The summed E-state index contributed by atoms with van der Waals surface area (Å²) >= 11 is 0. The van der Waals surface area contributed by atoms with Gasteiger partial charge < -0.3 is 14.8 Å². The molecule has 1 aliphatic rings. The van der Waals surface area contributed by atoms with Gasteiger partial charge in [-0.1, -0.05) is 6.07 Å². The van der Waals surface area contributed by atoms with Gasteiger partial charge in [-0.2, -0.15) is 0 Å². The summed E-state index contributed by atoms with van der Waals surface area (Å²) in [4.78, 5) is 0. The fourth-order valence-corrected chi connectivity index (χ4v) is 2.51. The number of benzene rings is 1. The van der Waals surface area contributed by atoms with E-state index in [-0.39, 0.29) is 0 Å². The molecule has 1 aliphatic heterocycles. The lowest BCUT2D eigenvalue weighted by atomic mass is 9.88. The van der Waals surface area contributed by atoms with Crippen molar-refractivity contribution in [3.8, 4) is 5.75 Å². The van der Waals surface area contributed by atoms with Crippen molar-refractivity contribution in [2.24, 2.45) is 0 Å². The van der Waals surface area contributed by atoms with Crippen molar-refractivity contribution in [1.82, 2.24) is 5.32 Å². The van der Waals surface area contributed by atoms with Crippen LogP contribution in [-0.2, 0) is 11.3 Å². The van der Waals surface area contributed by atoms with Gasteiger partial charge in [0, 0.05) is 13.7 Å². The Bertz CT molecular complexity index is 359. The third-order valence-electron chi connectivity index (χ3n) is 3.39. The molecule has 0 aromatic heterocycles. The highest BCUT2D eigenvalue weighted by molar-refractivity contribution is 5.38. The molecule has 1 atom stereocenters. The zero-order chi connectivity index (χ0) is 12.1. The van der Waals surface area contributed by atoms with Crippen molar-refractivity contribution in [1.29, 1.82) is 0 Å². The summed E-state index contributed by atoms with van der Waals surface area (Å²) in [6.07, 6.45) is 2.51. The van der Waals surface area contributed by atoms with Gasteiger partial charge in [-0.3, -0.25) is 0 Å². The van der Waals surface area contributed by atoms with Gasteiger partial charge in [-0.25, -0.2) is 0 Å². The second-order valence-corrected chi connectivity index (χ2v) is 4.54. The molecule has 0 radical (unpaired) electrons. The lowest BCUT2D eigenvalue weighted by molar-refractivity contribution is 0.183. The van der Waals surface area contributed by atoms with Crippen LogP contribution in [0.5, 0.6) is 5.75 Å². The fourth-order valence-electron chi connectivity index (χ4n) is 2.51. The molecule has 1 saturated heterocycles. The molecule has 0 spiro atoms. The quantitative estimate of drug-likeness (QED) is 0.868. The molecule has 2 rings (SSSR count). The first-order valence-corrected chi connectivity index (χ1v) is 6.21. The van der Waals surface area contributed by atoms with Crippen LogP contribution in [0.25, 0.3) is 0 Å². The number of methoxy groups -OCH3 is 2. The molecule has 1 aromatic carbocycles. The van der Waals surface area contributed by atoms with Crippen LogP contribution in [0.2, 0.25) is 0 Å². The molecule has 1 aromatic rings. The van der Waals surface area contributed by atoms with Crippen LogP contribution in [0, 0.1) is 0 Å². The average Bonchev–Trinajstić information content (AvgIpc) is 2.40. The highest BCUT2D eigenvalue weighted by Crippen LogP contribution is 2.29. The van der Waals surface area contributed by atoms with Crippen LogP contribution in [0.15, 0.2) is 18.2 Å². The molecule has 0 bridgehead atoms. The summed E-state index contributed by atoms with van der Waals surface area (Å²) in [5.74, 6) is 1.52. The number of piperidine rings is 1. The normalized spacial score (nSPS) is 20.2. The van der Waals surface area contributed by atoms with Crippen LogP contribution >= 0.6 is 0 Å². The highest BCUT2D eigenvalue weighted by atomic mass is 16.5. The number of hydrogen-bond donors (Lipinski definition) is 1. The molecule has 3 heteroatoms. The molecule has 0 amide bonds. The van der Waals surface area contributed by atoms with Gasteiger partial charge in [-0.05, 0) is 48.6 Å². The van der Waals surface area contributed by atoms with Crippen molar-refractivity contribution >= 4 is 0 Å². The largest absolute Gasteiger partial charge is 0.497 e. The Kier molecular flexibility index (Phi) is 4.40. The molecule has 1 fully saturated rings. The minimum Gasteiger partial charge on any atom is -0.497 e. The van der Waals surface area contributed by atoms with Crippen LogP contribution in [0.1, 0.15) is 29.9 Å². The highest BCUT2D eigenvalue weighted by Gasteiger charge is 2.18. The average molecular weight is 235 g/mol. The van der Waals surface area contributed by atoms with Gasteiger partial charge in [0.05, 0.1) is 13.7 Å². The van der Waals surface area contributed by atoms with E-state index in [0.717, 1.165) is 18.8 Å². The fraction of sp³-hybridized carbons (Fsp3) is 0.571. The standard InChI is InChI=1S/C14H21NO2/c1-16-10-12-8-13(17-2)5-6-14(12)11-4-3-7-15-9-11/h5-6,8,11,15H,3-4,7,9-10H2,1-2H3. The Balaban J connectivity index is 2.24. The molecule has 1 heterocycles. The molecular formula is C14H21NO2. The monoisotopic (exact) mass is 235 g/mol. The van der Waals surface area contributed by atoms with E-state index >= 15 is 0 Å². The maximum atomic E-state index is 5.28. The van der Waals surface area contributed by atoms with E-state index in [2.05, 4.69) is 17.4 Å². The minimum absolute atomic E-state index is 0.611. The van der Waals surface area contributed by atoms with Crippen LogP contribution in [0.3, 0.4) is 0 Å². The van der Waals surface area contributed by atoms with Crippen molar-refractivity contribution in [3.63, 3.8) is 0 Å². The van der Waals surface area contributed by atoms with Crippen molar-refractivity contribution in [2.45, 2.75) is 25.4 Å². The Morgan fingerprint density at radius 1 is 1.35 bits per heavy atom. The molecular weight excluding hydrogens is 214 g/mol. The summed E-state index contributed by atoms with van der Waals surface area (Å²) < 4.78 is 10.6. The van der Waals surface area contributed by atoms with E-state index in [4.69, 9.17) is 9.47 Å². The van der Waals surface area contributed by atoms with Crippen molar-refractivity contribution in [3.05, 3.63) is 29.3 Å². The predicted octanol–water partition coefficient (Wildman–Crippen LogP) is 2.31. The Morgan fingerprint density at radius 3 is 2.88 bits per heavy atom. The Labute approximate surface area is 103 Å². The lowest BCUT2D eigenvalue weighted by Crippen LogP contribution is -2.28. The third kappa shape index (κ3) is 2.99. The van der Waals surface area contributed by atoms with E-state index in [1.807, 2.05) is 6.07 Å². The molecule has 0 aliphatic carbocycles. The Morgan fingerprint density at radius 2 is 2.24 bits per heavy atom. The second kappa shape index (κ2) is 6.03. The summed E-state index contributed by atoms with van der Waals surface area (Å²) in [6, 6.07) is 6.32. The van der Waals surface area contributed by atoms with Gasteiger partial charge >= 0.3 is 0 Å². The van der Waals surface area contributed by atoms with Crippen LogP contribution < -0.4 is 10.1 Å². The topological polar surface area (TPSA) is 30.5 Å². The van der Waals surface area contributed by atoms with Crippen molar-refractivity contribution < 1.29 is 9.47 Å². The van der Waals surface area contributed by atoms with Gasteiger partial charge in [0.15, 0.2) is 0 Å². The molecule has 0 saturated carbocycles. The SMILES string of the molecule is COCc1cc(OC)ccc1C1CCCNC1. The molecule has 94 valence electrons. The number of rotatable bonds is 4. The van der Waals surface area contributed by atoms with Crippen molar-refractivity contribution in [2.75, 3.05) is 27.3 Å². The second-order valence-electron chi connectivity index (χ2n) is 4.54. The van der Waals surface area contributed by atoms with Crippen LogP contribution in [0.4, 0.5) is 0 Å². The predicted molar refractivity (Wildman–Crippen MR) is 68.6 cm³/mol. The number of ether oxygens (including phenoxy) is 2. The van der Waals surface area contributed by atoms with Gasteiger partial charge in [0.25, 0.3) is 0 Å². The minimum atomic E-state index is 0.611. The third-order valence-corrected chi connectivity index (χ3v) is 3.39. The van der Waals surface area contributed by atoms with Crippen LogP contribution in [-0.4, -0.2) is 27.3 Å². The number of nitrogens with one attached hydrogen (secondary N) is 1. The maximum Gasteiger partial charge on any atom is 0.119 e. The Hall–Kier alpha value is -1.06. The first kappa shape index (κ1) is 12.4. The molecule has 17 heavy (non-hydrogen) atoms.